The number of hydrogen-bond acceptors (Lipinski definition) is 2. The second kappa shape index (κ2) is 3.73. The first-order valence-corrected chi connectivity index (χ1v) is 5.44. The van der Waals surface area contributed by atoms with Gasteiger partial charge in [0.15, 0.2) is 0 Å². The molecule has 0 saturated carbocycles. The van der Waals surface area contributed by atoms with E-state index < -0.39 is 0 Å². The van der Waals surface area contributed by atoms with Gasteiger partial charge in [-0.15, -0.1) is 0 Å². The Hall–Kier alpha value is -0.830. The first-order chi connectivity index (χ1) is 6.66. The molecular weight excluding hydrogens is 174 g/mol. The van der Waals surface area contributed by atoms with Crippen LogP contribution in [0.3, 0.4) is 0 Å². The Labute approximate surface area is 85.5 Å². The summed E-state index contributed by atoms with van der Waals surface area (Å²) in [5, 5.41) is 7.84. The fourth-order valence-electron chi connectivity index (χ4n) is 2.04. The molecule has 0 aromatic carbocycles. The molecule has 14 heavy (non-hydrogen) atoms. The summed E-state index contributed by atoms with van der Waals surface area (Å²) >= 11 is 0. The summed E-state index contributed by atoms with van der Waals surface area (Å²) in [6, 6.07) is 1.12. The van der Waals surface area contributed by atoms with E-state index in [0.717, 1.165) is 6.54 Å². The number of nitrogens with zero attached hydrogens (tertiary/aromatic N) is 2. The second-order valence-corrected chi connectivity index (χ2v) is 4.59. The molecule has 1 aliphatic rings. The molecule has 0 radical (unpaired) electrons. The zero-order valence-corrected chi connectivity index (χ0v) is 9.20. The van der Waals surface area contributed by atoms with Gasteiger partial charge in [-0.2, -0.15) is 5.10 Å². The van der Waals surface area contributed by atoms with Gasteiger partial charge in [0.25, 0.3) is 0 Å². The van der Waals surface area contributed by atoms with E-state index in [1.165, 1.54) is 12.0 Å². The van der Waals surface area contributed by atoms with Crippen molar-refractivity contribution in [3.05, 3.63) is 18.0 Å². The first kappa shape index (κ1) is 9.71. The minimum Gasteiger partial charge on any atom is -0.314 e. The number of rotatable bonds is 2. The van der Waals surface area contributed by atoms with Crippen LogP contribution in [0.2, 0.25) is 0 Å². The second-order valence-electron chi connectivity index (χ2n) is 4.59. The van der Waals surface area contributed by atoms with Gasteiger partial charge in [0.1, 0.15) is 0 Å². The van der Waals surface area contributed by atoms with E-state index in [9.17, 15) is 0 Å². The third-order valence-electron chi connectivity index (χ3n) is 2.97. The largest absolute Gasteiger partial charge is 0.314 e. The third kappa shape index (κ3) is 1.82. The Balaban J connectivity index is 2.09. The average molecular weight is 193 g/mol. The van der Waals surface area contributed by atoms with Crippen molar-refractivity contribution in [2.75, 3.05) is 6.54 Å². The molecule has 78 valence electrons. The van der Waals surface area contributed by atoms with Crippen LogP contribution >= 0.6 is 0 Å². The van der Waals surface area contributed by atoms with E-state index in [2.05, 4.69) is 37.4 Å². The normalized spacial score (nSPS) is 27.4. The zero-order valence-electron chi connectivity index (χ0n) is 9.20. The monoisotopic (exact) mass is 193 g/mol. The van der Waals surface area contributed by atoms with Gasteiger partial charge in [-0.25, -0.2) is 0 Å². The van der Waals surface area contributed by atoms with E-state index in [1.807, 2.05) is 10.9 Å². The van der Waals surface area contributed by atoms with Crippen molar-refractivity contribution in [2.24, 2.45) is 0 Å². The zero-order chi connectivity index (χ0) is 10.1. The summed E-state index contributed by atoms with van der Waals surface area (Å²) in [6.07, 6.45) is 5.45. The van der Waals surface area contributed by atoms with Crippen LogP contribution in [0.15, 0.2) is 12.4 Å². The lowest BCUT2D eigenvalue weighted by atomic mass is 10.0. The Morgan fingerprint density at radius 1 is 1.57 bits per heavy atom. The van der Waals surface area contributed by atoms with Crippen molar-refractivity contribution >= 4 is 0 Å². The smallest absolute Gasteiger partial charge is 0.0525 e. The molecule has 0 bridgehead atoms. The maximum Gasteiger partial charge on any atom is 0.0525 e. The molecule has 1 aromatic rings. The third-order valence-corrected chi connectivity index (χ3v) is 2.97. The molecule has 1 saturated heterocycles. The number of aromatic nitrogens is 2. The van der Waals surface area contributed by atoms with Crippen LogP contribution in [0.5, 0.6) is 0 Å². The molecule has 1 aromatic heterocycles. The van der Waals surface area contributed by atoms with E-state index in [-0.39, 0.29) is 0 Å². The fourth-order valence-corrected chi connectivity index (χ4v) is 2.04. The molecule has 0 amide bonds. The molecule has 2 unspecified atom stereocenters. The lowest BCUT2D eigenvalue weighted by Gasteiger charge is -2.06. The molecule has 0 aliphatic carbocycles. The minimum absolute atomic E-state index is 0.468. The summed E-state index contributed by atoms with van der Waals surface area (Å²) in [6.45, 7) is 7.66. The molecule has 3 heteroatoms. The maximum absolute atomic E-state index is 4.37. The van der Waals surface area contributed by atoms with Crippen LogP contribution in [-0.4, -0.2) is 22.4 Å². The van der Waals surface area contributed by atoms with Crippen molar-refractivity contribution in [3.63, 3.8) is 0 Å². The molecule has 0 spiro atoms. The Morgan fingerprint density at radius 2 is 2.36 bits per heavy atom. The van der Waals surface area contributed by atoms with Crippen LogP contribution in [0, 0.1) is 0 Å². The Morgan fingerprint density at radius 3 is 2.86 bits per heavy atom. The Kier molecular flexibility index (Phi) is 2.59. The van der Waals surface area contributed by atoms with E-state index >= 15 is 0 Å². The van der Waals surface area contributed by atoms with Gasteiger partial charge in [-0.3, -0.25) is 4.68 Å². The minimum atomic E-state index is 0.468. The van der Waals surface area contributed by atoms with Gasteiger partial charge in [-0.05, 0) is 32.8 Å². The highest BCUT2D eigenvalue weighted by atomic mass is 15.3. The number of nitrogens with one attached hydrogen (secondary N) is 1. The summed E-state index contributed by atoms with van der Waals surface area (Å²) in [5.74, 6) is 0.664. The number of hydrogen-bond donors (Lipinski definition) is 1. The molecule has 1 N–H and O–H groups in total. The standard InChI is InChI=1S/C11H19N3/c1-8(2)14-7-11(6-13-14)10-4-9(3)12-5-10/h6-10,12H,4-5H2,1-3H3. The Bertz CT molecular complexity index is 303. The summed E-state index contributed by atoms with van der Waals surface area (Å²) < 4.78 is 2.04. The molecule has 3 nitrogen and oxygen atoms in total. The fraction of sp³-hybridized carbons (Fsp3) is 0.727. The predicted octanol–water partition coefficient (Wildman–Crippen LogP) is 1.93. The van der Waals surface area contributed by atoms with E-state index in [0.29, 0.717) is 18.0 Å². The highest BCUT2D eigenvalue weighted by molar-refractivity contribution is 5.14. The summed E-state index contributed by atoms with van der Waals surface area (Å²) in [7, 11) is 0. The van der Waals surface area contributed by atoms with Crippen molar-refractivity contribution in [1.29, 1.82) is 0 Å². The topological polar surface area (TPSA) is 29.9 Å². The molecular formula is C11H19N3. The van der Waals surface area contributed by atoms with Gasteiger partial charge >= 0.3 is 0 Å². The van der Waals surface area contributed by atoms with Crippen molar-refractivity contribution in [2.45, 2.75) is 45.2 Å². The summed E-state index contributed by atoms with van der Waals surface area (Å²) in [4.78, 5) is 0. The molecule has 1 aliphatic heterocycles. The molecule has 2 rings (SSSR count). The van der Waals surface area contributed by atoms with Gasteiger partial charge in [-0.1, -0.05) is 0 Å². The molecule has 2 heterocycles. The van der Waals surface area contributed by atoms with Crippen molar-refractivity contribution in [1.82, 2.24) is 15.1 Å². The average Bonchev–Trinajstić information content (AvgIpc) is 2.70. The van der Waals surface area contributed by atoms with Crippen molar-refractivity contribution < 1.29 is 0 Å². The van der Waals surface area contributed by atoms with Gasteiger partial charge in [0.2, 0.25) is 0 Å². The van der Waals surface area contributed by atoms with Crippen LogP contribution in [0.25, 0.3) is 0 Å². The summed E-state index contributed by atoms with van der Waals surface area (Å²) in [5.41, 5.74) is 1.38. The quantitative estimate of drug-likeness (QED) is 0.777. The van der Waals surface area contributed by atoms with Crippen LogP contribution < -0.4 is 5.32 Å². The highest BCUT2D eigenvalue weighted by Gasteiger charge is 2.23. The van der Waals surface area contributed by atoms with E-state index in [4.69, 9.17) is 0 Å². The lowest BCUT2D eigenvalue weighted by molar-refractivity contribution is 0.531. The maximum atomic E-state index is 4.37. The predicted molar refractivity (Wildman–Crippen MR) is 57.4 cm³/mol. The van der Waals surface area contributed by atoms with Crippen LogP contribution in [0.1, 0.15) is 44.7 Å². The molecule has 1 fully saturated rings. The van der Waals surface area contributed by atoms with Crippen LogP contribution in [0.4, 0.5) is 0 Å². The first-order valence-electron chi connectivity index (χ1n) is 5.44. The van der Waals surface area contributed by atoms with Gasteiger partial charge < -0.3 is 5.32 Å². The highest BCUT2D eigenvalue weighted by Crippen LogP contribution is 2.25. The van der Waals surface area contributed by atoms with Crippen molar-refractivity contribution in [3.8, 4) is 0 Å². The van der Waals surface area contributed by atoms with E-state index in [1.54, 1.807) is 0 Å². The van der Waals surface area contributed by atoms with Crippen LogP contribution in [-0.2, 0) is 0 Å². The lowest BCUT2D eigenvalue weighted by Crippen LogP contribution is -2.16. The van der Waals surface area contributed by atoms with Gasteiger partial charge in [0, 0.05) is 30.7 Å². The SMILES string of the molecule is CC1CC(c2cnn(C(C)C)c2)CN1. The van der Waals surface area contributed by atoms with Gasteiger partial charge in [0.05, 0.1) is 6.20 Å². The molecule has 2 atom stereocenters.